The van der Waals surface area contributed by atoms with Gasteiger partial charge in [-0.1, -0.05) is 78.2 Å². The van der Waals surface area contributed by atoms with E-state index in [4.69, 9.17) is 16.7 Å². The molecular weight excluding hydrogens is 644 g/mol. The van der Waals surface area contributed by atoms with Crippen molar-refractivity contribution in [3.05, 3.63) is 106 Å². The number of allylic oxidation sites excluding steroid dienone is 2. The van der Waals surface area contributed by atoms with Gasteiger partial charge in [0.15, 0.2) is 0 Å². The number of carbonyl (C=O) groups excluding carboxylic acids is 4. The van der Waals surface area contributed by atoms with E-state index < -0.39 is 41.0 Å². The Balaban J connectivity index is 1.36. The minimum atomic E-state index is -1.38. The molecule has 3 aromatic carbocycles. The largest absolute Gasteiger partial charge is 0.508 e. The average Bonchev–Trinajstić information content (AvgIpc) is 3.46. The number of imide groups is 2. The van der Waals surface area contributed by atoms with Gasteiger partial charge in [-0.2, -0.15) is 0 Å². The first-order valence-electron chi connectivity index (χ1n) is 16.8. The van der Waals surface area contributed by atoms with Crippen molar-refractivity contribution in [3.63, 3.8) is 0 Å². The van der Waals surface area contributed by atoms with Crippen LogP contribution in [-0.2, 0) is 29.4 Å². The number of hydrogen-bond donors (Lipinski definition) is 2. The molecule has 2 aliphatic heterocycles. The molecule has 0 aromatic heterocycles. The molecule has 2 heterocycles. The lowest BCUT2D eigenvalue weighted by molar-refractivity contribution is -0.141. The highest BCUT2D eigenvalue weighted by atomic mass is 35.5. The van der Waals surface area contributed by atoms with Crippen LogP contribution in [0.2, 0.25) is 5.02 Å². The quantitative estimate of drug-likeness (QED) is 0.157. The van der Waals surface area contributed by atoms with Crippen molar-refractivity contribution in [2.75, 3.05) is 11.4 Å². The molecule has 0 radical (unpaired) electrons. The molecule has 2 saturated heterocycles. The number of hydrogen-bond acceptors (Lipinski definition) is 6. The fourth-order valence-corrected chi connectivity index (χ4v) is 9.17. The Kier molecular flexibility index (Phi) is 8.43. The van der Waals surface area contributed by atoms with Crippen molar-refractivity contribution in [1.29, 1.82) is 0 Å². The summed E-state index contributed by atoms with van der Waals surface area (Å²) in [5.41, 5.74) is 1.86. The van der Waals surface area contributed by atoms with E-state index in [1.807, 2.05) is 42.5 Å². The van der Waals surface area contributed by atoms with E-state index in [0.29, 0.717) is 47.5 Å². The van der Waals surface area contributed by atoms with Gasteiger partial charge in [0.05, 0.1) is 28.9 Å². The molecule has 3 aromatic rings. The molecule has 0 spiro atoms. The van der Waals surface area contributed by atoms with Gasteiger partial charge in [0.25, 0.3) is 0 Å². The maximum absolute atomic E-state index is 15.2. The van der Waals surface area contributed by atoms with Crippen LogP contribution in [0.5, 0.6) is 5.75 Å². The second kappa shape index (κ2) is 12.6. The third-order valence-corrected chi connectivity index (χ3v) is 11.3. The van der Waals surface area contributed by atoms with E-state index >= 15 is 4.79 Å². The summed E-state index contributed by atoms with van der Waals surface area (Å²) < 4.78 is 0. The SMILES string of the molecule is Cc1cc(C2C3=CCC4C(=O)N(CCCCCC(=O)O)C(=O)C4C3CC3C(=O)N(c4cccc(Cl)c4)C(=O)C32c2ccccc2)ccc1O. The first-order chi connectivity index (χ1) is 23.5. The Morgan fingerprint density at radius 3 is 2.39 bits per heavy atom. The molecule has 10 heteroatoms. The van der Waals surface area contributed by atoms with Crippen LogP contribution in [0.25, 0.3) is 0 Å². The van der Waals surface area contributed by atoms with E-state index in [9.17, 15) is 24.3 Å². The number of carbonyl (C=O) groups is 5. The maximum atomic E-state index is 15.2. The van der Waals surface area contributed by atoms with Gasteiger partial charge in [-0.25, -0.2) is 4.90 Å². The number of benzene rings is 3. The van der Waals surface area contributed by atoms with Crippen molar-refractivity contribution >= 4 is 46.9 Å². The molecule has 4 aliphatic rings. The van der Waals surface area contributed by atoms with Crippen LogP contribution in [0.3, 0.4) is 0 Å². The molecule has 6 unspecified atom stereocenters. The fraction of sp³-hybridized carbons (Fsp3) is 0.359. The Morgan fingerprint density at radius 1 is 0.898 bits per heavy atom. The molecule has 2 aliphatic carbocycles. The number of phenolic OH excluding ortho intramolecular Hbond substituents is 1. The van der Waals surface area contributed by atoms with Crippen molar-refractivity contribution in [2.24, 2.45) is 23.7 Å². The van der Waals surface area contributed by atoms with Crippen LogP contribution >= 0.6 is 11.6 Å². The van der Waals surface area contributed by atoms with Crippen LogP contribution in [0, 0.1) is 30.6 Å². The second-order valence-electron chi connectivity index (χ2n) is 13.7. The predicted molar refractivity (Wildman–Crippen MR) is 182 cm³/mol. The van der Waals surface area contributed by atoms with E-state index in [1.54, 1.807) is 43.3 Å². The monoisotopic (exact) mass is 680 g/mol. The summed E-state index contributed by atoms with van der Waals surface area (Å²) in [6.45, 7) is 1.99. The zero-order valence-corrected chi connectivity index (χ0v) is 27.8. The molecule has 9 nitrogen and oxygen atoms in total. The summed E-state index contributed by atoms with van der Waals surface area (Å²) >= 11 is 6.37. The number of unbranched alkanes of at least 4 members (excludes halogenated alkanes) is 2. The molecule has 252 valence electrons. The van der Waals surface area contributed by atoms with Crippen LogP contribution in [0.15, 0.2) is 84.4 Å². The lowest BCUT2D eigenvalue weighted by Gasteiger charge is -2.50. The second-order valence-corrected chi connectivity index (χ2v) is 14.1. The first kappa shape index (κ1) is 32.8. The van der Waals surface area contributed by atoms with Crippen LogP contribution in [-0.4, -0.2) is 51.3 Å². The summed E-state index contributed by atoms with van der Waals surface area (Å²) in [5, 5.41) is 19.9. The highest BCUT2D eigenvalue weighted by Crippen LogP contribution is 2.64. The smallest absolute Gasteiger partial charge is 0.303 e. The standard InChI is InChI=1S/C39H37ClN2O7/c1-22-19-23(14-17-31(22)43)34-27-15-16-28-33(37(48)41(35(28)46)18-7-3-6-13-32(44)45)29(27)21-30-36(47)42(26-12-8-11-25(40)20-26)38(49)39(30,34)24-9-4-2-5-10-24/h2,4-5,8-12,14-15,17,19-20,28-30,33-34,43H,3,6-7,13,16,18,21H2,1H3,(H,44,45). The third kappa shape index (κ3) is 5.17. The predicted octanol–water partition coefficient (Wildman–Crippen LogP) is 6.16. The van der Waals surface area contributed by atoms with Gasteiger partial charge < -0.3 is 10.2 Å². The molecule has 2 N–H and O–H groups in total. The number of carboxylic acids is 1. The van der Waals surface area contributed by atoms with Gasteiger partial charge in [-0.05, 0) is 79.5 Å². The Bertz CT molecular complexity index is 1910. The van der Waals surface area contributed by atoms with Gasteiger partial charge in [0, 0.05) is 23.9 Å². The highest BCUT2D eigenvalue weighted by molar-refractivity contribution is 6.32. The van der Waals surface area contributed by atoms with Crippen LogP contribution < -0.4 is 4.90 Å². The normalized spacial score (nSPS) is 27.6. The minimum Gasteiger partial charge on any atom is -0.508 e. The number of fused-ring (bicyclic) bond motifs is 4. The molecule has 4 amide bonds. The number of carboxylic acid groups (broad SMARTS) is 1. The summed E-state index contributed by atoms with van der Waals surface area (Å²) in [6, 6.07) is 21.2. The molecule has 6 atom stereocenters. The van der Waals surface area contributed by atoms with Crippen molar-refractivity contribution in [2.45, 2.75) is 56.8 Å². The molecular formula is C39H37ClN2O7. The Labute approximate surface area is 289 Å². The number of amides is 4. The topological polar surface area (TPSA) is 132 Å². The van der Waals surface area contributed by atoms with Crippen LogP contribution in [0.4, 0.5) is 5.69 Å². The van der Waals surface area contributed by atoms with E-state index in [1.165, 1.54) is 9.80 Å². The first-order valence-corrected chi connectivity index (χ1v) is 17.2. The van der Waals surface area contributed by atoms with Gasteiger partial charge in [0.2, 0.25) is 23.6 Å². The number of nitrogens with zero attached hydrogens (tertiary/aromatic N) is 2. The molecule has 0 bridgehead atoms. The van der Waals surface area contributed by atoms with Gasteiger partial charge in [-0.15, -0.1) is 0 Å². The van der Waals surface area contributed by atoms with Gasteiger partial charge >= 0.3 is 5.97 Å². The van der Waals surface area contributed by atoms with Gasteiger partial charge in [-0.3, -0.25) is 28.9 Å². The highest BCUT2D eigenvalue weighted by Gasteiger charge is 2.70. The summed E-state index contributed by atoms with van der Waals surface area (Å²) in [5.74, 6) is -5.36. The number of aromatic hydroxyl groups is 1. The zero-order valence-electron chi connectivity index (χ0n) is 27.1. The maximum Gasteiger partial charge on any atom is 0.303 e. The number of rotatable bonds is 9. The molecule has 7 rings (SSSR count). The molecule has 3 fully saturated rings. The number of aryl methyl sites for hydroxylation is 1. The number of anilines is 1. The van der Waals surface area contributed by atoms with Crippen molar-refractivity contribution in [3.8, 4) is 5.75 Å². The zero-order chi connectivity index (χ0) is 34.6. The average molecular weight is 681 g/mol. The number of halogens is 1. The molecule has 49 heavy (non-hydrogen) atoms. The minimum absolute atomic E-state index is 0.0319. The molecule has 1 saturated carbocycles. The van der Waals surface area contributed by atoms with Crippen molar-refractivity contribution < 1.29 is 34.2 Å². The summed E-state index contributed by atoms with van der Waals surface area (Å²) in [6.07, 6.45) is 4.11. The Hall–Kier alpha value is -4.76. The lowest BCUT2D eigenvalue weighted by atomic mass is 9.49. The number of aliphatic carboxylic acids is 1. The van der Waals surface area contributed by atoms with E-state index in [0.717, 1.165) is 11.1 Å². The Morgan fingerprint density at radius 2 is 1.67 bits per heavy atom. The van der Waals surface area contributed by atoms with Crippen LogP contribution in [0.1, 0.15) is 61.1 Å². The van der Waals surface area contributed by atoms with E-state index in [2.05, 4.69) is 0 Å². The lowest BCUT2D eigenvalue weighted by Crippen LogP contribution is -2.53. The van der Waals surface area contributed by atoms with Gasteiger partial charge in [0.1, 0.15) is 5.75 Å². The number of phenols is 1. The van der Waals surface area contributed by atoms with E-state index in [-0.39, 0.29) is 48.8 Å². The third-order valence-electron chi connectivity index (χ3n) is 11.1. The summed E-state index contributed by atoms with van der Waals surface area (Å²) in [7, 11) is 0. The van der Waals surface area contributed by atoms with Crippen molar-refractivity contribution in [1.82, 2.24) is 4.90 Å². The fourth-order valence-electron chi connectivity index (χ4n) is 8.99. The summed E-state index contributed by atoms with van der Waals surface area (Å²) in [4.78, 5) is 71.4. The number of likely N-dealkylation sites (tertiary alicyclic amines) is 1.